The van der Waals surface area contributed by atoms with Gasteiger partial charge in [0.05, 0.1) is 5.69 Å². The van der Waals surface area contributed by atoms with E-state index in [4.69, 9.17) is 0 Å². The fourth-order valence-corrected chi connectivity index (χ4v) is 3.73. The average molecular weight is 372 g/mol. The van der Waals surface area contributed by atoms with Gasteiger partial charge in [0.2, 0.25) is 11.8 Å². The van der Waals surface area contributed by atoms with Crippen LogP contribution in [0.4, 0.5) is 5.13 Å². The van der Waals surface area contributed by atoms with Gasteiger partial charge in [0, 0.05) is 47.8 Å². The Morgan fingerprint density at radius 2 is 2.00 bits per heavy atom. The number of nitrogens with one attached hydrogen (secondary N) is 1. The van der Waals surface area contributed by atoms with Gasteiger partial charge in [-0.05, 0) is 25.0 Å². The molecule has 1 N–H and O–H groups in total. The molecule has 3 heterocycles. The van der Waals surface area contributed by atoms with Gasteiger partial charge >= 0.3 is 0 Å². The molecule has 2 aromatic rings. The standard InChI is InChI=1S/C19H24N4O2S/c1-19(2,3)17(25)23-9-6-13(7-10-23)16(24)22-18-21-15(12-26-18)14-5-4-8-20-11-14/h4-5,8,11-13H,6-7,9-10H2,1-3H3,(H,21,22,24). The normalized spacial score (nSPS) is 15.7. The highest BCUT2D eigenvalue weighted by molar-refractivity contribution is 7.14. The van der Waals surface area contributed by atoms with Crippen LogP contribution in [0, 0.1) is 11.3 Å². The molecule has 0 bridgehead atoms. The van der Waals surface area contributed by atoms with Crippen molar-refractivity contribution in [3.63, 3.8) is 0 Å². The summed E-state index contributed by atoms with van der Waals surface area (Å²) in [6.07, 6.45) is 4.85. The summed E-state index contributed by atoms with van der Waals surface area (Å²) in [6, 6.07) is 3.80. The van der Waals surface area contributed by atoms with Gasteiger partial charge in [-0.15, -0.1) is 11.3 Å². The zero-order chi connectivity index (χ0) is 18.7. The number of rotatable bonds is 3. The fraction of sp³-hybridized carbons (Fsp3) is 0.474. The van der Waals surface area contributed by atoms with E-state index < -0.39 is 0 Å². The third-order valence-electron chi connectivity index (χ3n) is 4.49. The third kappa shape index (κ3) is 4.27. The van der Waals surface area contributed by atoms with E-state index in [0.29, 0.717) is 31.1 Å². The number of carbonyl (C=O) groups is 2. The number of carbonyl (C=O) groups excluding carboxylic acids is 2. The van der Waals surface area contributed by atoms with Gasteiger partial charge in [-0.3, -0.25) is 14.6 Å². The van der Waals surface area contributed by atoms with Crippen molar-refractivity contribution < 1.29 is 9.59 Å². The van der Waals surface area contributed by atoms with E-state index in [1.807, 2.05) is 43.2 Å². The lowest BCUT2D eigenvalue weighted by atomic mass is 9.91. The summed E-state index contributed by atoms with van der Waals surface area (Å²) in [6.45, 7) is 7.04. The van der Waals surface area contributed by atoms with Crippen LogP contribution in [0.3, 0.4) is 0 Å². The van der Waals surface area contributed by atoms with Crippen molar-refractivity contribution in [3.8, 4) is 11.3 Å². The van der Waals surface area contributed by atoms with Crippen molar-refractivity contribution in [1.29, 1.82) is 0 Å². The van der Waals surface area contributed by atoms with Crippen molar-refractivity contribution in [2.24, 2.45) is 11.3 Å². The van der Waals surface area contributed by atoms with Gasteiger partial charge in [0.15, 0.2) is 5.13 Å². The molecule has 138 valence electrons. The lowest BCUT2D eigenvalue weighted by Crippen LogP contribution is -2.45. The second-order valence-electron chi connectivity index (χ2n) is 7.59. The monoisotopic (exact) mass is 372 g/mol. The Bertz CT molecular complexity index is 774. The van der Waals surface area contributed by atoms with Crippen LogP contribution < -0.4 is 5.32 Å². The van der Waals surface area contributed by atoms with Crippen LogP contribution in [0.15, 0.2) is 29.9 Å². The van der Waals surface area contributed by atoms with Crippen LogP contribution in [0.1, 0.15) is 33.6 Å². The predicted octanol–water partition coefficient (Wildman–Crippen LogP) is 3.43. The number of nitrogens with zero attached hydrogens (tertiary/aromatic N) is 3. The summed E-state index contributed by atoms with van der Waals surface area (Å²) in [4.78, 5) is 35.3. The number of hydrogen-bond donors (Lipinski definition) is 1. The Kier molecular flexibility index (Phi) is 5.36. The van der Waals surface area contributed by atoms with Crippen molar-refractivity contribution in [2.75, 3.05) is 18.4 Å². The maximum absolute atomic E-state index is 12.5. The molecule has 1 saturated heterocycles. The number of hydrogen-bond acceptors (Lipinski definition) is 5. The number of thiazole rings is 1. The Morgan fingerprint density at radius 1 is 1.27 bits per heavy atom. The van der Waals surface area contributed by atoms with Gasteiger partial charge in [-0.25, -0.2) is 4.98 Å². The molecule has 0 atom stereocenters. The highest BCUT2D eigenvalue weighted by Gasteiger charge is 2.32. The zero-order valence-corrected chi connectivity index (χ0v) is 16.2. The van der Waals surface area contributed by atoms with Gasteiger partial charge in [-0.2, -0.15) is 0 Å². The van der Waals surface area contributed by atoms with Crippen molar-refractivity contribution in [2.45, 2.75) is 33.6 Å². The van der Waals surface area contributed by atoms with Crippen LogP contribution in [0.2, 0.25) is 0 Å². The second kappa shape index (κ2) is 7.53. The van der Waals surface area contributed by atoms with E-state index in [-0.39, 0.29) is 23.1 Å². The first-order valence-corrected chi connectivity index (χ1v) is 9.69. The predicted molar refractivity (Wildman–Crippen MR) is 103 cm³/mol. The molecule has 1 fully saturated rings. The Balaban J connectivity index is 1.55. The number of amides is 2. The van der Waals surface area contributed by atoms with E-state index >= 15 is 0 Å². The minimum Gasteiger partial charge on any atom is -0.342 e. The van der Waals surface area contributed by atoms with Gasteiger partial charge in [0.1, 0.15) is 0 Å². The summed E-state index contributed by atoms with van der Waals surface area (Å²) in [5.41, 5.74) is 1.36. The minimum absolute atomic E-state index is 0.0139. The third-order valence-corrected chi connectivity index (χ3v) is 5.24. The smallest absolute Gasteiger partial charge is 0.229 e. The number of anilines is 1. The molecule has 2 aromatic heterocycles. The summed E-state index contributed by atoms with van der Waals surface area (Å²) in [5.74, 6) is 0.0575. The largest absolute Gasteiger partial charge is 0.342 e. The molecule has 3 rings (SSSR count). The highest BCUT2D eigenvalue weighted by Crippen LogP contribution is 2.27. The number of aromatic nitrogens is 2. The molecule has 6 nitrogen and oxygen atoms in total. The lowest BCUT2D eigenvalue weighted by molar-refractivity contribution is -0.142. The molecule has 26 heavy (non-hydrogen) atoms. The van der Waals surface area contributed by atoms with Crippen molar-refractivity contribution in [1.82, 2.24) is 14.9 Å². The zero-order valence-electron chi connectivity index (χ0n) is 15.4. The molecule has 1 aliphatic heterocycles. The molecule has 0 radical (unpaired) electrons. The molecular formula is C19H24N4O2S. The Labute approximate surface area is 157 Å². The first-order valence-electron chi connectivity index (χ1n) is 8.81. The van der Waals surface area contributed by atoms with Crippen LogP contribution in [-0.4, -0.2) is 39.8 Å². The number of likely N-dealkylation sites (tertiary alicyclic amines) is 1. The molecule has 0 aromatic carbocycles. The van der Waals surface area contributed by atoms with Gasteiger partial charge in [-0.1, -0.05) is 20.8 Å². The lowest BCUT2D eigenvalue weighted by Gasteiger charge is -2.35. The molecule has 7 heteroatoms. The first kappa shape index (κ1) is 18.5. The molecule has 0 saturated carbocycles. The van der Waals surface area contributed by atoms with E-state index in [9.17, 15) is 9.59 Å². The maximum atomic E-state index is 12.5. The molecule has 0 aliphatic carbocycles. The topological polar surface area (TPSA) is 75.2 Å². The Hall–Kier alpha value is -2.28. The van der Waals surface area contributed by atoms with E-state index in [1.165, 1.54) is 11.3 Å². The number of piperidine rings is 1. The van der Waals surface area contributed by atoms with Crippen LogP contribution in [0.25, 0.3) is 11.3 Å². The summed E-state index contributed by atoms with van der Waals surface area (Å²) >= 11 is 1.41. The average Bonchev–Trinajstić information content (AvgIpc) is 3.09. The first-order chi connectivity index (χ1) is 12.3. The molecule has 0 spiro atoms. The van der Waals surface area contributed by atoms with Crippen LogP contribution in [0.5, 0.6) is 0 Å². The van der Waals surface area contributed by atoms with Crippen molar-refractivity contribution >= 4 is 28.3 Å². The quantitative estimate of drug-likeness (QED) is 0.896. The van der Waals surface area contributed by atoms with Crippen molar-refractivity contribution in [3.05, 3.63) is 29.9 Å². The second-order valence-corrected chi connectivity index (χ2v) is 8.44. The number of pyridine rings is 1. The van der Waals surface area contributed by atoms with Crippen LogP contribution >= 0.6 is 11.3 Å². The van der Waals surface area contributed by atoms with Crippen LogP contribution in [-0.2, 0) is 9.59 Å². The SMILES string of the molecule is CC(C)(C)C(=O)N1CCC(C(=O)Nc2nc(-c3cccnc3)cs2)CC1. The highest BCUT2D eigenvalue weighted by atomic mass is 32.1. The van der Waals surface area contributed by atoms with E-state index in [0.717, 1.165) is 11.3 Å². The summed E-state index contributed by atoms with van der Waals surface area (Å²) in [5, 5.41) is 5.43. The molecule has 2 amide bonds. The minimum atomic E-state index is -0.376. The van der Waals surface area contributed by atoms with Gasteiger partial charge in [0.25, 0.3) is 0 Å². The summed E-state index contributed by atoms with van der Waals surface area (Å²) < 4.78 is 0. The van der Waals surface area contributed by atoms with Gasteiger partial charge < -0.3 is 10.2 Å². The molecule has 0 unspecified atom stereocenters. The van der Waals surface area contributed by atoms with E-state index in [1.54, 1.807) is 12.4 Å². The fourth-order valence-electron chi connectivity index (χ4n) is 3.00. The molecular weight excluding hydrogens is 348 g/mol. The maximum Gasteiger partial charge on any atom is 0.229 e. The summed E-state index contributed by atoms with van der Waals surface area (Å²) in [7, 11) is 0. The Morgan fingerprint density at radius 3 is 2.62 bits per heavy atom. The molecule has 1 aliphatic rings. The van der Waals surface area contributed by atoms with E-state index in [2.05, 4.69) is 15.3 Å².